The summed E-state index contributed by atoms with van der Waals surface area (Å²) in [7, 11) is 4.12. The molecule has 0 aliphatic rings. The van der Waals surface area contributed by atoms with Gasteiger partial charge < -0.3 is 4.90 Å². The zero-order valence-corrected chi connectivity index (χ0v) is 9.79. The first-order valence-corrected chi connectivity index (χ1v) is 4.00. The summed E-state index contributed by atoms with van der Waals surface area (Å²) in [6, 6.07) is 2.64. The zero-order valence-electron chi connectivity index (χ0n) is 8.08. The third kappa shape index (κ3) is 12.5. The maximum Gasteiger partial charge on any atom is 0.0892 e. The lowest BCUT2D eigenvalue weighted by molar-refractivity contribution is 0.403. The molecule has 0 bridgehead atoms. The molecule has 4 heteroatoms. The topological polar surface area (TPSA) is 28.0 Å². The molecular weight excluding hydrogens is 218 g/mol. The largest absolute Gasteiger partial charge is 0.309 e. The van der Waals surface area contributed by atoms with E-state index in [0.717, 1.165) is 26.1 Å². The third-order valence-corrected chi connectivity index (χ3v) is 1.17. The van der Waals surface area contributed by atoms with E-state index in [4.69, 9.17) is 0 Å². The molecule has 0 aromatic heterocycles. The van der Waals surface area contributed by atoms with E-state index in [-0.39, 0.29) is 17.0 Å². The van der Waals surface area contributed by atoms with Gasteiger partial charge in [0.05, 0.1) is 12.6 Å². The molecule has 0 spiro atoms. The molecule has 0 aromatic rings. The lowest BCUT2D eigenvalue weighted by Gasteiger charge is -2.05. The molecule has 0 amide bonds. The van der Waals surface area contributed by atoms with Crippen LogP contribution in [0.15, 0.2) is 9.98 Å². The van der Waals surface area contributed by atoms with Crippen LogP contribution in [0, 0.1) is 0 Å². The molecular formula is C8H18BrN3. The Hall–Kier alpha value is -0.180. The summed E-state index contributed by atoms with van der Waals surface area (Å²) in [6.45, 7) is 4.67. The van der Waals surface area contributed by atoms with Crippen molar-refractivity contribution in [1.82, 2.24) is 4.90 Å². The predicted molar refractivity (Wildman–Crippen MR) is 58.8 cm³/mol. The van der Waals surface area contributed by atoms with Crippen LogP contribution in [0.5, 0.6) is 0 Å². The second-order valence-electron chi connectivity index (χ2n) is 2.61. The van der Waals surface area contributed by atoms with Crippen LogP contribution < -0.4 is 0 Å². The van der Waals surface area contributed by atoms with Gasteiger partial charge in [-0.15, -0.1) is 17.0 Å². The van der Waals surface area contributed by atoms with Crippen LogP contribution >= 0.6 is 17.0 Å². The van der Waals surface area contributed by atoms with Crippen LogP contribution in [-0.4, -0.2) is 44.6 Å². The van der Waals surface area contributed by atoms with Gasteiger partial charge in [0, 0.05) is 6.54 Å². The quantitative estimate of drug-likeness (QED) is 0.527. The zero-order chi connectivity index (χ0) is 8.53. The first kappa shape index (κ1) is 14.3. The number of hydrogen-bond acceptors (Lipinski definition) is 3. The fourth-order valence-corrected chi connectivity index (χ4v) is 0.637. The molecule has 72 valence electrons. The van der Waals surface area contributed by atoms with Gasteiger partial charge in [0.15, 0.2) is 0 Å². The fraction of sp³-hybridized carbons (Fsp3) is 0.875. The second kappa shape index (κ2) is 10.8. The Morgan fingerprint density at radius 3 is 2.42 bits per heavy atom. The van der Waals surface area contributed by atoms with Crippen molar-refractivity contribution in [2.75, 3.05) is 33.7 Å². The van der Waals surface area contributed by atoms with Gasteiger partial charge in [0.1, 0.15) is 0 Å². The Morgan fingerprint density at radius 1 is 1.25 bits per heavy atom. The van der Waals surface area contributed by atoms with Gasteiger partial charge in [-0.05, 0) is 34.0 Å². The minimum absolute atomic E-state index is 0. The third-order valence-electron chi connectivity index (χ3n) is 1.17. The van der Waals surface area contributed by atoms with Crippen molar-refractivity contribution in [2.24, 2.45) is 9.98 Å². The lowest BCUT2D eigenvalue weighted by atomic mass is 10.4. The summed E-state index contributed by atoms with van der Waals surface area (Å²) in [5.41, 5.74) is 0. The normalized spacial score (nSPS) is 8.67. The highest BCUT2D eigenvalue weighted by Gasteiger charge is 1.86. The van der Waals surface area contributed by atoms with Crippen molar-refractivity contribution >= 4 is 23.0 Å². The van der Waals surface area contributed by atoms with E-state index in [1.165, 1.54) is 0 Å². The summed E-state index contributed by atoms with van der Waals surface area (Å²) in [5, 5.41) is 0. The Balaban J connectivity index is 0. The average molecular weight is 236 g/mol. The van der Waals surface area contributed by atoms with Crippen LogP contribution in [0.3, 0.4) is 0 Å². The van der Waals surface area contributed by atoms with Crippen LogP contribution in [0.25, 0.3) is 0 Å². The van der Waals surface area contributed by atoms with Crippen LogP contribution in [0.2, 0.25) is 0 Å². The molecule has 0 radical (unpaired) electrons. The first-order valence-electron chi connectivity index (χ1n) is 4.00. The molecule has 0 saturated heterocycles. The highest BCUT2D eigenvalue weighted by atomic mass is 79.9. The maximum atomic E-state index is 3.99. The van der Waals surface area contributed by atoms with Gasteiger partial charge in [-0.2, -0.15) is 0 Å². The molecule has 0 heterocycles. The van der Waals surface area contributed by atoms with Crippen LogP contribution in [0.4, 0.5) is 0 Å². The number of aliphatic imine (C=N–C) groups is 2. The molecule has 0 saturated carbocycles. The van der Waals surface area contributed by atoms with Crippen LogP contribution in [-0.2, 0) is 0 Å². The van der Waals surface area contributed by atoms with E-state index in [2.05, 4.69) is 35.0 Å². The summed E-state index contributed by atoms with van der Waals surface area (Å²) >= 11 is 0. The molecule has 0 unspecified atom stereocenters. The Labute approximate surface area is 85.4 Å². The molecule has 12 heavy (non-hydrogen) atoms. The molecule has 0 rings (SSSR count). The number of hydrogen-bond donors (Lipinski definition) is 0. The Morgan fingerprint density at radius 2 is 1.92 bits per heavy atom. The molecule has 3 nitrogen and oxygen atoms in total. The number of rotatable bonds is 5. The lowest BCUT2D eigenvalue weighted by Crippen LogP contribution is -2.13. The molecule has 0 aromatic carbocycles. The highest BCUT2D eigenvalue weighted by Crippen LogP contribution is 1.82. The van der Waals surface area contributed by atoms with E-state index in [1.807, 2.05) is 6.92 Å². The number of nitrogens with zero attached hydrogens (tertiary/aromatic N) is 3. The van der Waals surface area contributed by atoms with Crippen molar-refractivity contribution in [3.63, 3.8) is 0 Å². The van der Waals surface area contributed by atoms with Gasteiger partial charge in [-0.25, -0.2) is 9.98 Å². The first-order chi connectivity index (χ1) is 5.27. The Kier molecular flexibility index (Phi) is 12.9. The standard InChI is InChI=1S/C8H17N3.BrH/c1-4-9-8-10-6-5-7-11(2)3;/h4-7H2,1-3H3;1H. The SMILES string of the molecule is Br.CCN=C=NCCCN(C)C. The Bertz CT molecular complexity index is 139. The molecule has 0 atom stereocenters. The van der Waals surface area contributed by atoms with Gasteiger partial charge in [-0.3, -0.25) is 0 Å². The van der Waals surface area contributed by atoms with E-state index in [0.29, 0.717) is 0 Å². The summed E-state index contributed by atoms with van der Waals surface area (Å²) in [5.74, 6) is 0. The molecule has 0 fully saturated rings. The monoisotopic (exact) mass is 235 g/mol. The summed E-state index contributed by atoms with van der Waals surface area (Å²) in [6.07, 6.45) is 1.08. The van der Waals surface area contributed by atoms with Crippen molar-refractivity contribution < 1.29 is 0 Å². The van der Waals surface area contributed by atoms with Gasteiger partial charge in [-0.1, -0.05) is 0 Å². The van der Waals surface area contributed by atoms with E-state index < -0.39 is 0 Å². The molecule has 0 aliphatic carbocycles. The second-order valence-corrected chi connectivity index (χ2v) is 2.61. The average Bonchev–Trinajstić information content (AvgIpc) is 1.96. The van der Waals surface area contributed by atoms with Crippen molar-refractivity contribution in [2.45, 2.75) is 13.3 Å². The highest BCUT2D eigenvalue weighted by molar-refractivity contribution is 8.93. The smallest absolute Gasteiger partial charge is 0.0892 e. The number of halogens is 1. The van der Waals surface area contributed by atoms with Crippen molar-refractivity contribution in [1.29, 1.82) is 0 Å². The van der Waals surface area contributed by atoms with Crippen LogP contribution in [0.1, 0.15) is 13.3 Å². The van der Waals surface area contributed by atoms with Gasteiger partial charge >= 0.3 is 0 Å². The predicted octanol–water partition coefficient (Wildman–Crippen LogP) is 1.71. The van der Waals surface area contributed by atoms with E-state index in [1.54, 1.807) is 0 Å². The summed E-state index contributed by atoms with van der Waals surface area (Å²) in [4.78, 5) is 9.99. The summed E-state index contributed by atoms with van der Waals surface area (Å²) < 4.78 is 0. The fourth-order valence-electron chi connectivity index (χ4n) is 0.637. The molecule has 0 aliphatic heterocycles. The van der Waals surface area contributed by atoms with E-state index >= 15 is 0 Å². The van der Waals surface area contributed by atoms with Crippen molar-refractivity contribution in [3.05, 3.63) is 0 Å². The van der Waals surface area contributed by atoms with E-state index in [9.17, 15) is 0 Å². The van der Waals surface area contributed by atoms with Gasteiger partial charge in [0.2, 0.25) is 0 Å². The minimum atomic E-state index is 0. The minimum Gasteiger partial charge on any atom is -0.309 e. The van der Waals surface area contributed by atoms with Gasteiger partial charge in [0.25, 0.3) is 0 Å². The van der Waals surface area contributed by atoms with Crippen molar-refractivity contribution in [3.8, 4) is 0 Å². The maximum absolute atomic E-state index is 3.99. The molecule has 0 N–H and O–H groups in total.